The SMILES string of the molecule is Cc1noc(C)c1CSCC(=O)N(CCC#N)CCC#N. The number of nitrogens with zero attached hydrogens (tertiary/aromatic N) is 4. The minimum absolute atomic E-state index is 0.0442. The minimum atomic E-state index is -0.0442. The number of hydrogen-bond donors (Lipinski definition) is 0. The minimum Gasteiger partial charge on any atom is -0.361 e. The molecule has 0 spiro atoms. The molecule has 0 saturated carbocycles. The van der Waals surface area contributed by atoms with Crippen molar-refractivity contribution in [3.8, 4) is 12.1 Å². The summed E-state index contributed by atoms with van der Waals surface area (Å²) in [5, 5.41) is 21.1. The van der Waals surface area contributed by atoms with E-state index in [0.29, 0.717) is 24.6 Å². The smallest absolute Gasteiger partial charge is 0.232 e. The van der Waals surface area contributed by atoms with Crippen molar-refractivity contribution in [1.82, 2.24) is 10.1 Å². The fourth-order valence-electron chi connectivity index (χ4n) is 1.77. The van der Waals surface area contributed by atoms with Crippen molar-refractivity contribution < 1.29 is 9.32 Å². The molecule has 1 heterocycles. The van der Waals surface area contributed by atoms with Crippen molar-refractivity contribution in [3.05, 3.63) is 17.0 Å². The van der Waals surface area contributed by atoms with E-state index in [2.05, 4.69) is 5.16 Å². The first-order valence-electron chi connectivity index (χ1n) is 6.61. The molecule has 21 heavy (non-hydrogen) atoms. The topological polar surface area (TPSA) is 93.9 Å². The second-order valence-electron chi connectivity index (χ2n) is 4.49. The van der Waals surface area contributed by atoms with Crippen molar-refractivity contribution in [1.29, 1.82) is 10.5 Å². The maximum Gasteiger partial charge on any atom is 0.232 e. The molecule has 0 aromatic carbocycles. The molecule has 1 aromatic rings. The van der Waals surface area contributed by atoms with Crippen LogP contribution in [0.4, 0.5) is 0 Å². The number of carbonyl (C=O) groups excluding carboxylic acids is 1. The lowest BCUT2D eigenvalue weighted by Gasteiger charge is -2.20. The number of amides is 1. The fraction of sp³-hybridized carbons (Fsp3) is 0.571. The zero-order chi connectivity index (χ0) is 15.7. The highest BCUT2D eigenvalue weighted by Gasteiger charge is 2.14. The van der Waals surface area contributed by atoms with Crippen molar-refractivity contribution in [2.75, 3.05) is 18.8 Å². The molecule has 0 aliphatic carbocycles. The molecule has 0 saturated heterocycles. The summed E-state index contributed by atoms with van der Waals surface area (Å²) in [5.41, 5.74) is 1.87. The molecular weight excluding hydrogens is 288 g/mol. The van der Waals surface area contributed by atoms with Gasteiger partial charge >= 0.3 is 0 Å². The third-order valence-electron chi connectivity index (χ3n) is 2.99. The highest BCUT2D eigenvalue weighted by atomic mass is 32.2. The van der Waals surface area contributed by atoms with Crippen molar-refractivity contribution >= 4 is 17.7 Å². The lowest BCUT2D eigenvalue weighted by Crippen LogP contribution is -2.34. The summed E-state index contributed by atoms with van der Waals surface area (Å²) in [6, 6.07) is 4.04. The van der Waals surface area contributed by atoms with Gasteiger partial charge in [-0.15, -0.1) is 11.8 Å². The molecular formula is C14H18N4O2S. The number of carbonyl (C=O) groups is 1. The quantitative estimate of drug-likeness (QED) is 0.730. The van der Waals surface area contributed by atoms with Gasteiger partial charge < -0.3 is 9.42 Å². The van der Waals surface area contributed by atoms with Crippen molar-refractivity contribution in [2.24, 2.45) is 0 Å². The summed E-state index contributed by atoms with van der Waals surface area (Å²) < 4.78 is 5.08. The Balaban J connectivity index is 2.46. The predicted octanol–water partition coefficient (Wildman–Crippen LogP) is 2.18. The predicted molar refractivity (Wildman–Crippen MR) is 79.2 cm³/mol. The van der Waals surface area contributed by atoms with Crippen molar-refractivity contribution in [2.45, 2.75) is 32.4 Å². The monoisotopic (exact) mass is 306 g/mol. The van der Waals surface area contributed by atoms with E-state index in [1.54, 1.807) is 4.90 Å². The lowest BCUT2D eigenvalue weighted by atomic mass is 10.2. The maximum absolute atomic E-state index is 12.1. The van der Waals surface area contributed by atoms with Crippen molar-refractivity contribution in [3.63, 3.8) is 0 Å². The zero-order valence-electron chi connectivity index (χ0n) is 12.3. The summed E-state index contributed by atoms with van der Waals surface area (Å²) in [4.78, 5) is 13.7. The molecule has 6 nitrogen and oxygen atoms in total. The number of nitriles is 2. The van der Waals surface area contributed by atoms with Gasteiger partial charge in [-0.05, 0) is 13.8 Å². The molecule has 0 aliphatic heterocycles. The van der Waals surface area contributed by atoms with E-state index in [-0.39, 0.29) is 18.7 Å². The van der Waals surface area contributed by atoms with Gasteiger partial charge in [0.25, 0.3) is 0 Å². The van der Waals surface area contributed by atoms with Gasteiger partial charge in [0.05, 0.1) is 36.4 Å². The second kappa shape index (κ2) is 9.04. The van der Waals surface area contributed by atoms with Gasteiger partial charge in [0.2, 0.25) is 5.91 Å². The van der Waals surface area contributed by atoms with Crippen LogP contribution in [0.2, 0.25) is 0 Å². The third-order valence-corrected chi connectivity index (χ3v) is 3.94. The average Bonchev–Trinajstić information content (AvgIpc) is 2.79. The van der Waals surface area contributed by atoms with Crippen LogP contribution in [0.5, 0.6) is 0 Å². The Hall–Kier alpha value is -1.99. The van der Waals surface area contributed by atoms with Crippen LogP contribution >= 0.6 is 11.8 Å². The van der Waals surface area contributed by atoms with Crippen LogP contribution in [0.15, 0.2) is 4.52 Å². The lowest BCUT2D eigenvalue weighted by molar-refractivity contribution is -0.128. The molecule has 0 atom stereocenters. The highest BCUT2D eigenvalue weighted by molar-refractivity contribution is 7.99. The standard InChI is InChI=1S/C14H18N4O2S/c1-11-13(12(2)20-17-11)9-21-10-14(19)18(7-3-5-15)8-4-6-16/h3-4,7-10H2,1-2H3. The Morgan fingerprint density at radius 3 is 2.38 bits per heavy atom. The van der Waals surface area contributed by atoms with Gasteiger partial charge in [-0.25, -0.2) is 0 Å². The molecule has 0 radical (unpaired) electrons. The maximum atomic E-state index is 12.1. The molecule has 112 valence electrons. The Bertz CT molecular complexity index is 519. The Morgan fingerprint density at radius 2 is 1.90 bits per heavy atom. The second-order valence-corrected chi connectivity index (χ2v) is 5.48. The largest absolute Gasteiger partial charge is 0.361 e. The van der Waals surface area contributed by atoms with Crippen LogP contribution in [0.3, 0.4) is 0 Å². The Kier molecular flexibility index (Phi) is 7.34. The molecule has 0 fully saturated rings. The summed E-state index contributed by atoms with van der Waals surface area (Å²) in [5.74, 6) is 1.72. The Morgan fingerprint density at radius 1 is 1.29 bits per heavy atom. The normalized spacial score (nSPS) is 9.90. The zero-order valence-corrected chi connectivity index (χ0v) is 13.1. The molecule has 1 amide bonds. The summed E-state index contributed by atoms with van der Waals surface area (Å²) in [7, 11) is 0. The number of aromatic nitrogens is 1. The van der Waals surface area contributed by atoms with Crippen LogP contribution in [0.25, 0.3) is 0 Å². The molecule has 0 unspecified atom stereocenters. The van der Waals surface area contributed by atoms with E-state index < -0.39 is 0 Å². The van der Waals surface area contributed by atoms with Crippen LogP contribution in [0, 0.1) is 36.5 Å². The van der Waals surface area contributed by atoms with E-state index in [9.17, 15) is 4.79 Å². The molecule has 0 aliphatic rings. The van der Waals surface area contributed by atoms with Crippen LogP contribution in [-0.2, 0) is 10.5 Å². The highest BCUT2D eigenvalue weighted by Crippen LogP contribution is 2.19. The average molecular weight is 306 g/mol. The van der Waals surface area contributed by atoms with Gasteiger partial charge in [0.15, 0.2) is 0 Å². The number of hydrogen-bond acceptors (Lipinski definition) is 6. The molecule has 1 rings (SSSR count). The van der Waals surface area contributed by atoms with Gasteiger partial charge in [-0.3, -0.25) is 4.79 Å². The van der Waals surface area contributed by atoms with E-state index in [1.165, 1.54) is 11.8 Å². The molecule has 1 aromatic heterocycles. The number of thioether (sulfide) groups is 1. The molecule has 7 heteroatoms. The van der Waals surface area contributed by atoms with E-state index >= 15 is 0 Å². The van der Waals surface area contributed by atoms with E-state index in [0.717, 1.165) is 17.0 Å². The number of aryl methyl sites for hydroxylation is 2. The van der Waals surface area contributed by atoms with Crippen LogP contribution < -0.4 is 0 Å². The van der Waals surface area contributed by atoms with Crippen LogP contribution in [0.1, 0.15) is 29.9 Å². The summed E-state index contributed by atoms with van der Waals surface area (Å²) in [6.07, 6.45) is 0.567. The third kappa shape index (κ3) is 5.49. The first kappa shape index (κ1) is 17.1. The van der Waals surface area contributed by atoms with Gasteiger partial charge in [-0.1, -0.05) is 5.16 Å². The van der Waals surface area contributed by atoms with E-state index in [4.69, 9.17) is 15.0 Å². The molecule has 0 bridgehead atoms. The number of rotatable bonds is 8. The van der Waals surface area contributed by atoms with E-state index in [1.807, 2.05) is 26.0 Å². The van der Waals surface area contributed by atoms with Crippen LogP contribution in [-0.4, -0.2) is 34.8 Å². The summed E-state index contributed by atoms with van der Waals surface area (Å²) >= 11 is 1.49. The Labute approximate surface area is 128 Å². The summed E-state index contributed by atoms with van der Waals surface area (Å²) in [6.45, 7) is 4.48. The first-order chi connectivity index (χ1) is 10.1. The van der Waals surface area contributed by atoms with Gasteiger partial charge in [0.1, 0.15) is 5.76 Å². The molecule has 0 N–H and O–H groups in total. The van der Waals surface area contributed by atoms with Gasteiger partial charge in [0, 0.05) is 24.4 Å². The first-order valence-corrected chi connectivity index (χ1v) is 7.76. The van der Waals surface area contributed by atoms with Gasteiger partial charge in [-0.2, -0.15) is 10.5 Å². The fourth-order valence-corrected chi connectivity index (χ4v) is 2.85.